The van der Waals surface area contributed by atoms with Gasteiger partial charge in [0.1, 0.15) is 4.99 Å². The Hall–Kier alpha value is -1.13. The zero-order chi connectivity index (χ0) is 13.7. The summed E-state index contributed by atoms with van der Waals surface area (Å²) in [5, 5.41) is 0. The van der Waals surface area contributed by atoms with Gasteiger partial charge < -0.3 is 15.4 Å². The van der Waals surface area contributed by atoms with Crippen LogP contribution in [0.4, 0.5) is 5.69 Å². The molecule has 1 heterocycles. The standard InChI is InChI=1S/C15H22N2OS/c1-2-10-18-14-4-3-9-17(11-14)13-7-5-12(6-8-13)15(16)19/h5-8,14H,2-4,9-11H2,1H3,(H2,16,19). The fourth-order valence-corrected chi connectivity index (χ4v) is 2.57. The minimum absolute atomic E-state index is 0.365. The van der Waals surface area contributed by atoms with Gasteiger partial charge in [-0.15, -0.1) is 0 Å². The van der Waals surface area contributed by atoms with Crippen LogP contribution in [-0.4, -0.2) is 30.8 Å². The molecule has 1 aromatic rings. The van der Waals surface area contributed by atoms with Crippen molar-refractivity contribution in [3.05, 3.63) is 29.8 Å². The summed E-state index contributed by atoms with van der Waals surface area (Å²) in [7, 11) is 0. The van der Waals surface area contributed by atoms with E-state index in [1.807, 2.05) is 12.1 Å². The molecule has 2 N–H and O–H groups in total. The molecule has 0 radical (unpaired) electrons. The van der Waals surface area contributed by atoms with Crippen LogP contribution in [0.5, 0.6) is 0 Å². The number of ether oxygens (including phenoxy) is 1. The Morgan fingerprint density at radius 3 is 2.79 bits per heavy atom. The lowest BCUT2D eigenvalue weighted by Crippen LogP contribution is -2.39. The second-order valence-corrected chi connectivity index (χ2v) is 5.43. The van der Waals surface area contributed by atoms with Gasteiger partial charge in [-0.25, -0.2) is 0 Å². The van der Waals surface area contributed by atoms with E-state index in [1.165, 1.54) is 18.5 Å². The monoisotopic (exact) mass is 278 g/mol. The summed E-state index contributed by atoms with van der Waals surface area (Å²) in [6, 6.07) is 8.18. The van der Waals surface area contributed by atoms with Gasteiger partial charge in [-0.1, -0.05) is 19.1 Å². The van der Waals surface area contributed by atoms with Crippen molar-refractivity contribution < 1.29 is 4.74 Å². The maximum absolute atomic E-state index is 5.86. The van der Waals surface area contributed by atoms with E-state index in [9.17, 15) is 0 Å². The average molecular weight is 278 g/mol. The quantitative estimate of drug-likeness (QED) is 0.841. The number of hydrogen-bond acceptors (Lipinski definition) is 3. The molecule has 2 rings (SSSR count). The predicted octanol–water partition coefficient (Wildman–Crippen LogP) is 2.72. The van der Waals surface area contributed by atoms with Crippen LogP contribution >= 0.6 is 12.2 Å². The smallest absolute Gasteiger partial charge is 0.103 e. The number of hydrogen-bond donors (Lipinski definition) is 1. The van der Waals surface area contributed by atoms with E-state index in [-0.39, 0.29) is 0 Å². The van der Waals surface area contributed by atoms with Gasteiger partial charge in [-0.05, 0) is 43.5 Å². The third kappa shape index (κ3) is 3.91. The van der Waals surface area contributed by atoms with Gasteiger partial charge in [-0.2, -0.15) is 0 Å². The third-order valence-electron chi connectivity index (χ3n) is 3.45. The highest BCUT2D eigenvalue weighted by molar-refractivity contribution is 7.80. The average Bonchev–Trinajstić information content (AvgIpc) is 2.45. The second kappa shape index (κ2) is 6.87. The van der Waals surface area contributed by atoms with Crippen molar-refractivity contribution in [2.45, 2.75) is 32.3 Å². The molecule has 19 heavy (non-hydrogen) atoms. The molecule has 4 heteroatoms. The molecule has 1 atom stereocenters. The number of nitrogens with zero attached hydrogens (tertiary/aromatic N) is 1. The van der Waals surface area contributed by atoms with E-state index in [1.54, 1.807) is 0 Å². The van der Waals surface area contributed by atoms with Gasteiger partial charge in [0, 0.05) is 30.9 Å². The van der Waals surface area contributed by atoms with Crippen molar-refractivity contribution in [2.24, 2.45) is 5.73 Å². The van der Waals surface area contributed by atoms with Crippen LogP contribution in [0.2, 0.25) is 0 Å². The maximum atomic E-state index is 5.86. The molecular formula is C15H22N2OS. The fraction of sp³-hybridized carbons (Fsp3) is 0.533. The maximum Gasteiger partial charge on any atom is 0.103 e. The number of anilines is 1. The topological polar surface area (TPSA) is 38.5 Å². The largest absolute Gasteiger partial charge is 0.389 e. The number of rotatable bonds is 5. The summed E-state index contributed by atoms with van der Waals surface area (Å²) in [5.74, 6) is 0. The van der Waals surface area contributed by atoms with Gasteiger partial charge in [0.15, 0.2) is 0 Å². The van der Waals surface area contributed by atoms with Crippen LogP contribution in [-0.2, 0) is 4.74 Å². The molecular weight excluding hydrogens is 256 g/mol. The minimum atomic E-state index is 0.365. The molecule has 1 aliphatic rings. The van der Waals surface area contributed by atoms with Crippen LogP contribution in [0.3, 0.4) is 0 Å². The van der Waals surface area contributed by atoms with Gasteiger partial charge in [0.05, 0.1) is 6.10 Å². The van der Waals surface area contributed by atoms with E-state index < -0.39 is 0 Å². The fourth-order valence-electron chi connectivity index (χ4n) is 2.43. The molecule has 1 saturated heterocycles. The zero-order valence-corrected chi connectivity index (χ0v) is 12.3. The van der Waals surface area contributed by atoms with Crippen molar-refractivity contribution >= 4 is 22.9 Å². The molecule has 1 unspecified atom stereocenters. The first kappa shape index (κ1) is 14.3. The van der Waals surface area contributed by atoms with Crippen LogP contribution < -0.4 is 10.6 Å². The Morgan fingerprint density at radius 1 is 1.42 bits per heavy atom. The normalized spacial score (nSPS) is 19.4. The molecule has 0 aliphatic carbocycles. The highest BCUT2D eigenvalue weighted by Gasteiger charge is 2.20. The lowest BCUT2D eigenvalue weighted by atomic mass is 10.1. The lowest BCUT2D eigenvalue weighted by Gasteiger charge is -2.34. The van der Waals surface area contributed by atoms with Gasteiger partial charge in [0.2, 0.25) is 0 Å². The molecule has 1 aliphatic heterocycles. The molecule has 1 aromatic carbocycles. The van der Waals surface area contributed by atoms with E-state index in [2.05, 4.69) is 24.0 Å². The first-order chi connectivity index (χ1) is 9.20. The zero-order valence-electron chi connectivity index (χ0n) is 11.5. The number of piperidine rings is 1. The molecule has 0 saturated carbocycles. The Balaban J connectivity index is 1.98. The van der Waals surface area contributed by atoms with E-state index >= 15 is 0 Å². The van der Waals surface area contributed by atoms with Crippen LogP contribution in [0.15, 0.2) is 24.3 Å². The molecule has 0 bridgehead atoms. The SMILES string of the molecule is CCCOC1CCCN(c2ccc(C(N)=S)cc2)C1. The summed E-state index contributed by atoms with van der Waals surface area (Å²) in [4.78, 5) is 2.84. The third-order valence-corrected chi connectivity index (χ3v) is 3.69. The van der Waals surface area contributed by atoms with Crippen molar-refractivity contribution in [3.63, 3.8) is 0 Å². The first-order valence-corrected chi connectivity index (χ1v) is 7.38. The van der Waals surface area contributed by atoms with Gasteiger partial charge in [0.25, 0.3) is 0 Å². The molecule has 3 nitrogen and oxygen atoms in total. The second-order valence-electron chi connectivity index (χ2n) is 4.99. The predicted molar refractivity (Wildman–Crippen MR) is 83.8 cm³/mol. The highest BCUT2D eigenvalue weighted by Crippen LogP contribution is 2.22. The van der Waals surface area contributed by atoms with Crippen LogP contribution in [0, 0.1) is 0 Å². The molecule has 0 amide bonds. The molecule has 0 spiro atoms. The van der Waals surface area contributed by atoms with Crippen molar-refractivity contribution in [1.29, 1.82) is 0 Å². The summed E-state index contributed by atoms with van der Waals surface area (Å²) in [5.41, 5.74) is 7.77. The number of nitrogens with two attached hydrogens (primary N) is 1. The summed E-state index contributed by atoms with van der Waals surface area (Å²) >= 11 is 4.97. The summed E-state index contributed by atoms with van der Waals surface area (Å²) < 4.78 is 5.86. The van der Waals surface area contributed by atoms with E-state index in [0.717, 1.165) is 31.7 Å². The highest BCUT2D eigenvalue weighted by atomic mass is 32.1. The summed E-state index contributed by atoms with van der Waals surface area (Å²) in [6.45, 7) is 5.08. The Kier molecular flexibility index (Phi) is 5.16. The summed E-state index contributed by atoms with van der Waals surface area (Å²) in [6.07, 6.45) is 3.80. The van der Waals surface area contributed by atoms with Gasteiger partial charge in [-0.3, -0.25) is 0 Å². The minimum Gasteiger partial charge on any atom is -0.389 e. The van der Waals surface area contributed by atoms with Crippen molar-refractivity contribution in [3.8, 4) is 0 Å². The number of thiocarbonyl (C=S) groups is 1. The molecule has 104 valence electrons. The Morgan fingerprint density at radius 2 is 2.16 bits per heavy atom. The Labute approximate surface area is 120 Å². The van der Waals surface area contributed by atoms with Crippen molar-refractivity contribution in [1.82, 2.24) is 0 Å². The van der Waals surface area contributed by atoms with Crippen LogP contribution in [0.25, 0.3) is 0 Å². The van der Waals surface area contributed by atoms with Crippen LogP contribution in [0.1, 0.15) is 31.7 Å². The molecule has 1 fully saturated rings. The van der Waals surface area contributed by atoms with Gasteiger partial charge >= 0.3 is 0 Å². The Bertz CT molecular complexity index is 419. The van der Waals surface area contributed by atoms with E-state index in [0.29, 0.717) is 11.1 Å². The van der Waals surface area contributed by atoms with E-state index in [4.69, 9.17) is 22.7 Å². The van der Waals surface area contributed by atoms with Crippen molar-refractivity contribution in [2.75, 3.05) is 24.6 Å². The lowest BCUT2D eigenvalue weighted by molar-refractivity contribution is 0.0440. The first-order valence-electron chi connectivity index (χ1n) is 6.97. The molecule has 0 aromatic heterocycles. The number of benzene rings is 1.